The minimum atomic E-state index is -0.103. The molecule has 0 bridgehead atoms. The first-order chi connectivity index (χ1) is 9.61. The van der Waals surface area contributed by atoms with Crippen LogP contribution in [0.3, 0.4) is 0 Å². The van der Waals surface area contributed by atoms with Crippen LogP contribution >= 0.6 is 23.4 Å². The maximum Gasteiger partial charge on any atom is 0.251 e. The van der Waals surface area contributed by atoms with E-state index in [1.165, 1.54) is 11.8 Å². The van der Waals surface area contributed by atoms with Gasteiger partial charge in [0.2, 0.25) is 0 Å². The lowest BCUT2D eigenvalue weighted by Gasteiger charge is -2.09. The molecule has 3 nitrogen and oxygen atoms in total. The summed E-state index contributed by atoms with van der Waals surface area (Å²) in [5.74, 6) is -0.103. The van der Waals surface area contributed by atoms with Crippen molar-refractivity contribution >= 4 is 35.0 Å². The molecular weight excluding hydrogens is 292 g/mol. The zero-order valence-electron chi connectivity index (χ0n) is 11.0. The number of carbonyl (C=O) groups is 1. The van der Waals surface area contributed by atoms with E-state index in [9.17, 15) is 4.79 Å². The molecule has 0 aliphatic heterocycles. The fraction of sp³-hybridized carbons (Fsp3) is 0.133. The number of halogens is 1. The predicted octanol–water partition coefficient (Wildman–Crippen LogP) is 3.82. The first kappa shape index (κ1) is 14.8. The van der Waals surface area contributed by atoms with Gasteiger partial charge in [-0.15, -0.1) is 0 Å². The molecular formula is C15H15ClN2OS. The molecule has 5 heteroatoms. The predicted molar refractivity (Wildman–Crippen MR) is 84.4 cm³/mol. The Labute approximate surface area is 127 Å². The van der Waals surface area contributed by atoms with E-state index in [0.29, 0.717) is 22.8 Å². The Morgan fingerprint density at radius 2 is 2.00 bits per heavy atom. The molecule has 20 heavy (non-hydrogen) atoms. The van der Waals surface area contributed by atoms with E-state index >= 15 is 0 Å². The van der Waals surface area contributed by atoms with E-state index in [4.69, 9.17) is 17.3 Å². The normalized spacial score (nSPS) is 10.3. The summed E-state index contributed by atoms with van der Waals surface area (Å²) >= 11 is 7.59. The molecule has 3 N–H and O–H groups in total. The van der Waals surface area contributed by atoms with Gasteiger partial charge in [-0.05, 0) is 37.3 Å². The van der Waals surface area contributed by atoms with E-state index in [1.54, 1.807) is 18.2 Å². The monoisotopic (exact) mass is 306 g/mol. The van der Waals surface area contributed by atoms with Gasteiger partial charge in [0.25, 0.3) is 5.91 Å². The molecule has 0 aliphatic rings. The molecule has 0 heterocycles. The molecule has 2 aromatic carbocycles. The average Bonchev–Trinajstić information content (AvgIpc) is 2.44. The van der Waals surface area contributed by atoms with Crippen LogP contribution in [0.2, 0.25) is 5.02 Å². The summed E-state index contributed by atoms with van der Waals surface area (Å²) in [6.45, 7) is 2.48. The molecule has 0 aromatic heterocycles. The van der Waals surface area contributed by atoms with Crippen molar-refractivity contribution in [3.05, 3.63) is 53.1 Å². The third-order valence-electron chi connectivity index (χ3n) is 2.67. The van der Waals surface area contributed by atoms with Crippen LogP contribution in [0.25, 0.3) is 0 Å². The largest absolute Gasteiger partial charge is 0.398 e. The second kappa shape index (κ2) is 6.68. The SMILES string of the molecule is CCNC(=O)c1ccc(N)c(Sc2ccccc2Cl)c1. The quantitative estimate of drug-likeness (QED) is 0.844. The fourth-order valence-electron chi connectivity index (χ4n) is 1.67. The number of hydrogen-bond acceptors (Lipinski definition) is 3. The Hall–Kier alpha value is -1.65. The van der Waals surface area contributed by atoms with E-state index < -0.39 is 0 Å². The zero-order chi connectivity index (χ0) is 14.5. The van der Waals surface area contributed by atoms with Crippen LogP contribution in [0.4, 0.5) is 5.69 Å². The Morgan fingerprint density at radius 1 is 1.25 bits per heavy atom. The summed E-state index contributed by atoms with van der Waals surface area (Å²) < 4.78 is 0. The fourth-order valence-corrected chi connectivity index (χ4v) is 2.84. The molecule has 2 aromatic rings. The lowest BCUT2D eigenvalue weighted by molar-refractivity contribution is 0.0955. The standard InChI is InChI=1S/C15H15ClN2OS/c1-2-18-15(19)10-7-8-12(17)14(9-10)20-13-6-4-3-5-11(13)16/h3-9H,2,17H2,1H3,(H,18,19). The Kier molecular flexibility index (Phi) is 4.93. The summed E-state index contributed by atoms with van der Waals surface area (Å²) in [6, 6.07) is 12.8. The van der Waals surface area contributed by atoms with E-state index in [-0.39, 0.29) is 5.91 Å². The molecule has 0 aliphatic carbocycles. The highest BCUT2D eigenvalue weighted by atomic mass is 35.5. The van der Waals surface area contributed by atoms with Crippen molar-refractivity contribution in [1.82, 2.24) is 5.32 Å². The number of amides is 1. The minimum Gasteiger partial charge on any atom is -0.398 e. The van der Waals surface area contributed by atoms with Crippen LogP contribution in [0.15, 0.2) is 52.3 Å². The first-order valence-corrected chi connectivity index (χ1v) is 7.41. The number of nitrogens with one attached hydrogen (secondary N) is 1. The van der Waals surface area contributed by atoms with Gasteiger partial charge in [-0.3, -0.25) is 4.79 Å². The van der Waals surface area contributed by atoms with Crippen LogP contribution in [0, 0.1) is 0 Å². The van der Waals surface area contributed by atoms with E-state index in [2.05, 4.69) is 5.32 Å². The van der Waals surface area contributed by atoms with Gasteiger partial charge in [0.15, 0.2) is 0 Å². The third kappa shape index (κ3) is 3.46. The summed E-state index contributed by atoms with van der Waals surface area (Å²) in [6.07, 6.45) is 0. The van der Waals surface area contributed by atoms with Gasteiger partial charge in [-0.1, -0.05) is 35.5 Å². The first-order valence-electron chi connectivity index (χ1n) is 6.22. The number of hydrogen-bond donors (Lipinski definition) is 2. The Balaban J connectivity index is 2.30. The number of rotatable bonds is 4. The van der Waals surface area contributed by atoms with Gasteiger partial charge in [0.1, 0.15) is 0 Å². The van der Waals surface area contributed by atoms with Crippen molar-refractivity contribution in [2.45, 2.75) is 16.7 Å². The van der Waals surface area contributed by atoms with Crippen LogP contribution < -0.4 is 11.1 Å². The lowest BCUT2D eigenvalue weighted by atomic mass is 10.2. The number of nitrogens with two attached hydrogens (primary N) is 1. The lowest BCUT2D eigenvalue weighted by Crippen LogP contribution is -2.22. The Bertz CT molecular complexity index is 631. The highest BCUT2D eigenvalue weighted by Gasteiger charge is 2.10. The summed E-state index contributed by atoms with van der Waals surface area (Å²) in [4.78, 5) is 13.6. The van der Waals surface area contributed by atoms with Gasteiger partial charge >= 0.3 is 0 Å². The van der Waals surface area contributed by atoms with Gasteiger partial charge in [0.05, 0.1) is 5.02 Å². The van der Waals surface area contributed by atoms with Crippen molar-refractivity contribution < 1.29 is 4.79 Å². The molecule has 0 saturated heterocycles. The molecule has 0 radical (unpaired) electrons. The average molecular weight is 307 g/mol. The summed E-state index contributed by atoms with van der Waals surface area (Å²) in [5.41, 5.74) is 7.19. The maximum atomic E-state index is 11.8. The van der Waals surface area contributed by atoms with E-state index in [0.717, 1.165) is 9.79 Å². The van der Waals surface area contributed by atoms with Crippen LogP contribution in [0.1, 0.15) is 17.3 Å². The molecule has 2 rings (SSSR count). The van der Waals surface area contributed by atoms with Crippen molar-refractivity contribution in [1.29, 1.82) is 0 Å². The van der Waals surface area contributed by atoms with Gasteiger partial charge in [0, 0.05) is 27.6 Å². The van der Waals surface area contributed by atoms with Crippen molar-refractivity contribution in [3.63, 3.8) is 0 Å². The summed E-state index contributed by atoms with van der Waals surface area (Å²) in [5, 5.41) is 3.44. The topological polar surface area (TPSA) is 55.1 Å². The molecule has 0 atom stereocenters. The van der Waals surface area contributed by atoms with Crippen LogP contribution in [-0.4, -0.2) is 12.5 Å². The summed E-state index contributed by atoms with van der Waals surface area (Å²) in [7, 11) is 0. The molecule has 104 valence electrons. The molecule has 0 unspecified atom stereocenters. The smallest absolute Gasteiger partial charge is 0.251 e. The number of carbonyl (C=O) groups excluding carboxylic acids is 1. The number of benzene rings is 2. The van der Waals surface area contributed by atoms with Gasteiger partial charge < -0.3 is 11.1 Å². The minimum absolute atomic E-state index is 0.103. The van der Waals surface area contributed by atoms with Gasteiger partial charge in [-0.25, -0.2) is 0 Å². The highest BCUT2D eigenvalue weighted by molar-refractivity contribution is 7.99. The van der Waals surface area contributed by atoms with Crippen molar-refractivity contribution in [2.24, 2.45) is 0 Å². The second-order valence-corrected chi connectivity index (χ2v) is 5.64. The van der Waals surface area contributed by atoms with Crippen LogP contribution in [0.5, 0.6) is 0 Å². The maximum absolute atomic E-state index is 11.8. The molecule has 0 saturated carbocycles. The second-order valence-electron chi connectivity index (χ2n) is 4.14. The molecule has 1 amide bonds. The highest BCUT2D eigenvalue weighted by Crippen LogP contribution is 2.36. The third-order valence-corrected chi connectivity index (χ3v) is 4.26. The molecule has 0 spiro atoms. The number of nitrogen functional groups attached to an aromatic ring is 1. The van der Waals surface area contributed by atoms with Crippen molar-refractivity contribution in [3.8, 4) is 0 Å². The van der Waals surface area contributed by atoms with Crippen LogP contribution in [-0.2, 0) is 0 Å². The zero-order valence-corrected chi connectivity index (χ0v) is 12.6. The van der Waals surface area contributed by atoms with Crippen molar-refractivity contribution in [2.75, 3.05) is 12.3 Å². The van der Waals surface area contributed by atoms with E-state index in [1.807, 2.05) is 31.2 Å². The number of anilines is 1. The Morgan fingerprint density at radius 3 is 2.70 bits per heavy atom. The molecule has 0 fully saturated rings. The van der Waals surface area contributed by atoms with Gasteiger partial charge in [-0.2, -0.15) is 0 Å².